The number of Topliss-reactive ketones (excluding diaryl/α,β-unsaturated/α-hetero) is 1. The van der Waals surface area contributed by atoms with E-state index in [0.29, 0.717) is 22.0 Å². The smallest absolute Gasteiger partial charge is 0.300 e. The van der Waals surface area contributed by atoms with Gasteiger partial charge in [0, 0.05) is 22.5 Å². The van der Waals surface area contributed by atoms with Gasteiger partial charge in [0.15, 0.2) is 0 Å². The van der Waals surface area contributed by atoms with Crippen LogP contribution in [0.1, 0.15) is 22.9 Å². The number of benzene rings is 2. The van der Waals surface area contributed by atoms with Crippen molar-refractivity contribution in [3.05, 3.63) is 100 Å². The molecule has 1 aliphatic rings. The molecule has 1 N–H and O–H groups in total. The number of rotatable bonds is 3. The highest BCUT2D eigenvalue weighted by Crippen LogP contribution is 2.42. The molecule has 1 fully saturated rings. The summed E-state index contributed by atoms with van der Waals surface area (Å²) in [6, 6.07) is 18.2. The molecule has 1 aromatic heterocycles. The number of pyridine rings is 1. The Morgan fingerprint density at radius 3 is 2.34 bits per heavy atom. The average Bonchev–Trinajstić information content (AvgIpc) is 3.00. The third kappa shape index (κ3) is 3.30. The second-order valence-corrected chi connectivity index (χ2v) is 7.15. The van der Waals surface area contributed by atoms with Crippen molar-refractivity contribution in [1.82, 2.24) is 4.98 Å². The lowest BCUT2D eigenvalue weighted by molar-refractivity contribution is -0.132. The standard InChI is InChI=1S/C23H17ClN2O3/c1-14-6-2-3-8-18(14)26-20(17-7-4-5-13-25-17)19(22(28)23(26)29)21(27)15-9-11-16(24)12-10-15/h2-13,20,27H,1H3/b21-19-. The lowest BCUT2D eigenvalue weighted by atomic mass is 9.98. The predicted molar refractivity (Wildman–Crippen MR) is 112 cm³/mol. The molecule has 6 heteroatoms. The van der Waals surface area contributed by atoms with Crippen molar-refractivity contribution in [2.24, 2.45) is 0 Å². The van der Waals surface area contributed by atoms with Crippen molar-refractivity contribution >= 4 is 34.7 Å². The molecule has 0 aliphatic carbocycles. The summed E-state index contributed by atoms with van der Waals surface area (Å²) < 4.78 is 0. The lowest BCUT2D eigenvalue weighted by Crippen LogP contribution is -2.30. The van der Waals surface area contributed by atoms with Crippen LogP contribution in [0, 0.1) is 6.92 Å². The number of hydrogen-bond donors (Lipinski definition) is 1. The number of amides is 1. The summed E-state index contributed by atoms with van der Waals surface area (Å²) in [5.74, 6) is -1.71. The lowest BCUT2D eigenvalue weighted by Gasteiger charge is -2.26. The first-order valence-electron chi connectivity index (χ1n) is 9.02. The second kappa shape index (κ2) is 7.53. The summed E-state index contributed by atoms with van der Waals surface area (Å²) in [6.45, 7) is 1.86. The molecule has 144 valence electrons. The van der Waals surface area contributed by atoms with Crippen molar-refractivity contribution in [2.75, 3.05) is 4.90 Å². The van der Waals surface area contributed by atoms with Gasteiger partial charge in [-0.3, -0.25) is 19.5 Å². The zero-order chi connectivity index (χ0) is 20.5. The Kier molecular flexibility index (Phi) is 4.91. The van der Waals surface area contributed by atoms with Gasteiger partial charge >= 0.3 is 0 Å². The van der Waals surface area contributed by atoms with Gasteiger partial charge in [0.1, 0.15) is 11.8 Å². The summed E-state index contributed by atoms with van der Waals surface area (Å²) in [4.78, 5) is 31.8. The third-order valence-electron chi connectivity index (χ3n) is 4.90. The van der Waals surface area contributed by atoms with Crippen LogP contribution in [0.5, 0.6) is 0 Å². The molecule has 1 saturated heterocycles. The molecule has 1 atom stereocenters. The minimum atomic E-state index is -0.840. The van der Waals surface area contributed by atoms with Gasteiger partial charge in [-0.05, 0) is 55.0 Å². The highest BCUT2D eigenvalue weighted by molar-refractivity contribution is 6.51. The average molecular weight is 405 g/mol. The van der Waals surface area contributed by atoms with Crippen molar-refractivity contribution < 1.29 is 14.7 Å². The van der Waals surface area contributed by atoms with Crippen LogP contribution in [0.15, 0.2) is 78.5 Å². The second-order valence-electron chi connectivity index (χ2n) is 6.72. The Bertz CT molecular complexity index is 1120. The first-order chi connectivity index (χ1) is 14.0. The zero-order valence-electron chi connectivity index (χ0n) is 15.5. The monoisotopic (exact) mass is 404 g/mol. The van der Waals surface area contributed by atoms with Crippen molar-refractivity contribution in [3.8, 4) is 0 Å². The molecular formula is C23H17ClN2O3. The van der Waals surface area contributed by atoms with E-state index in [9.17, 15) is 14.7 Å². The van der Waals surface area contributed by atoms with Gasteiger partial charge in [0.05, 0.1) is 11.3 Å². The topological polar surface area (TPSA) is 70.5 Å². The van der Waals surface area contributed by atoms with Crippen molar-refractivity contribution in [2.45, 2.75) is 13.0 Å². The minimum Gasteiger partial charge on any atom is -0.507 e. The third-order valence-corrected chi connectivity index (χ3v) is 5.16. The molecule has 3 aromatic rings. The molecule has 1 unspecified atom stereocenters. The number of carbonyl (C=O) groups is 2. The Hall–Kier alpha value is -3.44. The van der Waals surface area contributed by atoms with Gasteiger partial charge in [0.2, 0.25) is 0 Å². The molecular weight excluding hydrogens is 388 g/mol. The summed E-state index contributed by atoms with van der Waals surface area (Å²) in [5, 5.41) is 11.5. The number of para-hydroxylation sites is 1. The molecule has 1 amide bonds. The highest BCUT2D eigenvalue weighted by Gasteiger charge is 2.47. The van der Waals surface area contributed by atoms with Crippen LogP contribution in [-0.2, 0) is 9.59 Å². The number of nitrogens with zero attached hydrogens (tertiary/aromatic N) is 2. The Morgan fingerprint density at radius 1 is 1.00 bits per heavy atom. The Labute approximate surface area is 172 Å². The van der Waals surface area contributed by atoms with E-state index in [1.807, 2.05) is 19.1 Å². The van der Waals surface area contributed by atoms with Crippen LogP contribution in [0.25, 0.3) is 5.76 Å². The normalized spacial score (nSPS) is 18.3. The minimum absolute atomic E-state index is 0.000671. The fourth-order valence-corrected chi connectivity index (χ4v) is 3.62. The summed E-state index contributed by atoms with van der Waals surface area (Å²) in [7, 11) is 0. The van der Waals surface area contributed by atoms with Gasteiger partial charge in [-0.15, -0.1) is 0 Å². The fourth-order valence-electron chi connectivity index (χ4n) is 3.50. The van der Waals surface area contributed by atoms with E-state index in [1.54, 1.807) is 60.8 Å². The fraction of sp³-hybridized carbons (Fsp3) is 0.0870. The number of aliphatic hydroxyl groups is 1. The Balaban J connectivity index is 1.96. The molecule has 0 bridgehead atoms. The molecule has 0 radical (unpaired) electrons. The largest absolute Gasteiger partial charge is 0.507 e. The number of halogens is 1. The number of hydrogen-bond acceptors (Lipinski definition) is 4. The quantitative estimate of drug-likeness (QED) is 0.391. The molecule has 2 heterocycles. The maximum absolute atomic E-state index is 13.0. The number of ketones is 1. The van der Waals surface area contributed by atoms with E-state index in [1.165, 1.54) is 4.90 Å². The Morgan fingerprint density at radius 2 is 1.69 bits per heavy atom. The van der Waals surface area contributed by atoms with Crippen LogP contribution in [0.4, 0.5) is 5.69 Å². The van der Waals surface area contributed by atoms with Crippen LogP contribution >= 0.6 is 11.6 Å². The van der Waals surface area contributed by atoms with E-state index in [-0.39, 0.29) is 11.3 Å². The van der Waals surface area contributed by atoms with Crippen molar-refractivity contribution in [3.63, 3.8) is 0 Å². The van der Waals surface area contributed by atoms with E-state index < -0.39 is 17.7 Å². The van der Waals surface area contributed by atoms with Gasteiger partial charge in [-0.1, -0.05) is 35.9 Å². The van der Waals surface area contributed by atoms with Crippen molar-refractivity contribution in [1.29, 1.82) is 0 Å². The highest BCUT2D eigenvalue weighted by atomic mass is 35.5. The van der Waals surface area contributed by atoms with Gasteiger partial charge in [-0.25, -0.2) is 0 Å². The SMILES string of the molecule is Cc1ccccc1N1C(=O)C(=O)/C(=C(\O)c2ccc(Cl)cc2)C1c1ccccn1. The van der Waals surface area contributed by atoms with E-state index in [0.717, 1.165) is 5.56 Å². The maximum atomic E-state index is 13.0. The number of aliphatic hydroxyl groups excluding tert-OH is 1. The molecule has 4 rings (SSSR count). The molecule has 1 aliphatic heterocycles. The van der Waals surface area contributed by atoms with E-state index in [2.05, 4.69) is 4.98 Å². The maximum Gasteiger partial charge on any atom is 0.300 e. The predicted octanol–water partition coefficient (Wildman–Crippen LogP) is 4.67. The van der Waals surface area contributed by atoms with Crippen LogP contribution in [0.3, 0.4) is 0 Å². The molecule has 0 spiro atoms. The molecule has 29 heavy (non-hydrogen) atoms. The molecule has 2 aromatic carbocycles. The van der Waals surface area contributed by atoms with Gasteiger partial charge < -0.3 is 5.11 Å². The van der Waals surface area contributed by atoms with Gasteiger partial charge in [0.25, 0.3) is 11.7 Å². The summed E-state index contributed by atoms with van der Waals surface area (Å²) in [6.07, 6.45) is 1.59. The number of aryl methyl sites for hydroxylation is 1. The number of anilines is 1. The molecule has 5 nitrogen and oxygen atoms in total. The number of aromatic nitrogens is 1. The molecule has 0 saturated carbocycles. The van der Waals surface area contributed by atoms with Crippen LogP contribution in [-0.4, -0.2) is 21.8 Å². The van der Waals surface area contributed by atoms with E-state index in [4.69, 9.17) is 11.6 Å². The van der Waals surface area contributed by atoms with Crippen LogP contribution < -0.4 is 4.90 Å². The van der Waals surface area contributed by atoms with Crippen LogP contribution in [0.2, 0.25) is 5.02 Å². The first kappa shape index (κ1) is 18.9. The first-order valence-corrected chi connectivity index (χ1v) is 9.40. The summed E-state index contributed by atoms with van der Waals surface area (Å²) >= 11 is 5.94. The zero-order valence-corrected chi connectivity index (χ0v) is 16.3. The summed E-state index contributed by atoms with van der Waals surface area (Å²) in [5.41, 5.74) is 2.32. The number of carbonyl (C=O) groups excluding carboxylic acids is 2. The van der Waals surface area contributed by atoms with E-state index >= 15 is 0 Å². The van der Waals surface area contributed by atoms with Gasteiger partial charge in [-0.2, -0.15) is 0 Å².